The Bertz CT molecular complexity index is 1430. The van der Waals surface area contributed by atoms with Crippen LogP contribution >= 0.6 is 11.3 Å². The number of nitrogens with zero attached hydrogens (tertiary/aromatic N) is 6. The molecule has 7 nitrogen and oxygen atoms in total. The van der Waals surface area contributed by atoms with Gasteiger partial charge < -0.3 is 14.6 Å². The van der Waals surface area contributed by atoms with Crippen LogP contribution in [-0.2, 0) is 0 Å². The zero-order valence-corrected chi connectivity index (χ0v) is 20.2. The van der Waals surface area contributed by atoms with E-state index in [-0.39, 0.29) is 11.1 Å². The smallest absolute Gasteiger partial charge is 0.186 e. The first-order chi connectivity index (χ1) is 15.7. The highest BCUT2D eigenvalue weighted by molar-refractivity contribution is 7.22. The van der Waals surface area contributed by atoms with Gasteiger partial charge in [-0.3, -0.25) is 4.98 Å². The maximum Gasteiger partial charge on any atom is 0.186 e. The first kappa shape index (κ1) is 20.6. The Hall–Kier alpha value is -3.02. The van der Waals surface area contributed by atoms with Crippen molar-refractivity contribution in [3.8, 4) is 17.3 Å². The number of aryl methyl sites for hydroxylation is 1. The van der Waals surface area contributed by atoms with E-state index >= 15 is 0 Å². The molecule has 6 rings (SSSR count). The van der Waals surface area contributed by atoms with Gasteiger partial charge in [0.25, 0.3) is 0 Å². The number of hydrogen-bond acceptors (Lipinski definition) is 7. The number of anilines is 1. The normalized spacial score (nSPS) is 26.7. The predicted molar refractivity (Wildman–Crippen MR) is 132 cm³/mol. The highest BCUT2D eigenvalue weighted by atomic mass is 32.1. The summed E-state index contributed by atoms with van der Waals surface area (Å²) in [5, 5.41) is 14.5. The first-order valence-corrected chi connectivity index (χ1v) is 12.2. The van der Waals surface area contributed by atoms with Crippen LogP contribution in [0.3, 0.4) is 0 Å². The van der Waals surface area contributed by atoms with Crippen LogP contribution in [-0.4, -0.2) is 43.5 Å². The average molecular weight is 458 g/mol. The molecular formula is C25H27N7S. The summed E-state index contributed by atoms with van der Waals surface area (Å²) in [6.45, 7) is 6.66. The molecule has 33 heavy (non-hydrogen) atoms. The molecule has 4 aromatic heterocycles. The minimum atomic E-state index is 0.222. The Morgan fingerprint density at radius 2 is 1.94 bits per heavy atom. The molecular weight excluding hydrogens is 430 g/mol. The molecule has 2 aliphatic heterocycles. The van der Waals surface area contributed by atoms with Crippen LogP contribution < -0.4 is 10.2 Å². The largest absolute Gasteiger partial charge is 0.348 e. The molecule has 168 valence electrons. The highest BCUT2D eigenvalue weighted by Gasteiger charge is 2.49. The molecule has 0 unspecified atom stereocenters. The average Bonchev–Trinajstić information content (AvgIpc) is 3.43. The minimum Gasteiger partial charge on any atom is -0.348 e. The molecule has 0 spiro atoms. The lowest BCUT2D eigenvalue weighted by Gasteiger charge is -2.45. The summed E-state index contributed by atoms with van der Waals surface area (Å²) >= 11 is 1.72. The fourth-order valence-electron chi connectivity index (χ4n) is 5.83. The number of nitrogens with one attached hydrogen (secondary N) is 1. The van der Waals surface area contributed by atoms with Crippen molar-refractivity contribution in [3.63, 3.8) is 0 Å². The second-order valence-electron chi connectivity index (χ2n) is 10.3. The molecule has 0 aromatic carbocycles. The topological polar surface area (TPSA) is 82.1 Å². The van der Waals surface area contributed by atoms with Gasteiger partial charge in [-0.05, 0) is 58.6 Å². The molecule has 0 amide bonds. The molecule has 2 fully saturated rings. The van der Waals surface area contributed by atoms with Crippen molar-refractivity contribution in [1.29, 1.82) is 5.26 Å². The van der Waals surface area contributed by atoms with E-state index in [1.165, 1.54) is 12.8 Å². The lowest BCUT2D eigenvalue weighted by Crippen LogP contribution is -2.58. The standard InChI is InChI=1S/C25H27N7S/c1-15-13-32-14-17(7-16(11-26)22(32)28-15)19-8-21-20(12-27-19)29-23(33-21)31(4)18-9-24(2)5-6-25(3,10-18)30-24/h7-8,12-14,18,30H,5-6,9-10H2,1-4H3/t18-,24-,25+. The predicted octanol–water partition coefficient (Wildman–Crippen LogP) is 4.69. The number of imidazole rings is 1. The monoisotopic (exact) mass is 457 g/mol. The number of hydrogen-bond donors (Lipinski definition) is 1. The lowest BCUT2D eigenvalue weighted by atomic mass is 9.84. The number of rotatable bonds is 3. The Kier molecular flexibility index (Phi) is 4.36. The van der Waals surface area contributed by atoms with Crippen LogP contribution in [0.4, 0.5) is 5.13 Å². The molecule has 2 saturated heterocycles. The van der Waals surface area contributed by atoms with Crippen LogP contribution in [0.25, 0.3) is 27.1 Å². The maximum absolute atomic E-state index is 9.61. The second kappa shape index (κ2) is 6.99. The molecule has 4 aromatic rings. The van der Waals surface area contributed by atoms with Gasteiger partial charge in [-0.15, -0.1) is 0 Å². The summed E-state index contributed by atoms with van der Waals surface area (Å²) in [5.41, 5.74) is 5.22. The van der Waals surface area contributed by atoms with Gasteiger partial charge >= 0.3 is 0 Å². The van der Waals surface area contributed by atoms with Crippen molar-refractivity contribution in [3.05, 3.63) is 42.0 Å². The zero-order valence-electron chi connectivity index (χ0n) is 19.4. The number of nitriles is 1. The van der Waals surface area contributed by atoms with Crippen molar-refractivity contribution < 1.29 is 0 Å². The summed E-state index contributed by atoms with van der Waals surface area (Å²) in [4.78, 5) is 16.4. The quantitative estimate of drug-likeness (QED) is 0.481. The molecule has 3 atom stereocenters. The summed E-state index contributed by atoms with van der Waals surface area (Å²) < 4.78 is 3.02. The first-order valence-electron chi connectivity index (χ1n) is 11.4. The zero-order chi connectivity index (χ0) is 23.0. The van der Waals surface area contributed by atoms with E-state index in [4.69, 9.17) is 4.98 Å². The van der Waals surface area contributed by atoms with Crippen molar-refractivity contribution in [1.82, 2.24) is 24.7 Å². The van der Waals surface area contributed by atoms with Gasteiger partial charge in [0.05, 0.1) is 27.8 Å². The van der Waals surface area contributed by atoms with Gasteiger partial charge in [0.15, 0.2) is 10.8 Å². The van der Waals surface area contributed by atoms with Crippen LogP contribution in [0.5, 0.6) is 0 Å². The van der Waals surface area contributed by atoms with Crippen LogP contribution in [0.1, 0.15) is 50.8 Å². The Morgan fingerprint density at radius 3 is 2.67 bits per heavy atom. The van der Waals surface area contributed by atoms with Crippen molar-refractivity contribution >= 4 is 32.3 Å². The Balaban J connectivity index is 1.34. The molecule has 2 aliphatic rings. The molecule has 0 aliphatic carbocycles. The third-order valence-electron chi connectivity index (χ3n) is 7.41. The Morgan fingerprint density at radius 1 is 1.18 bits per heavy atom. The van der Waals surface area contributed by atoms with E-state index in [1.54, 1.807) is 11.3 Å². The molecule has 2 bridgehead atoms. The summed E-state index contributed by atoms with van der Waals surface area (Å²) in [5.74, 6) is 0. The van der Waals surface area contributed by atoms with Gasteiger partial charge in [-0.1, -0.05) is 11.3 Å². The fraction of sp³-hybridized carbons (Fsp3) is 0.440. The Labute approximate surface area is 197 Å². The molecule has 8 heteroatoms. The number of fused-ring (bicyclic) bond motifs is 4. The SMILES string of the molecule is Cc1cn2cc(-c3cc4sc(N(C)[C@H]5C[C@]6(C)CC[C@](C)(C5)N6)nc4cn3)cc(C#N)c2n1. The van der Waals surface area contributed by atoms with E-state index < -0.39 is 0 Å². The van der Waals surface area contributed by atoms with Crippen LogP contribution in [0.2, 0.25) is 0 Å². The van der Waals surface area contributed by atoms with E-state index in [2.05, 4.69) is 53.2 Å². The molecule has 0 saturated carbocycles. The number of pyridine rings is 2. The summed E-state index contributed by atoms with van der Waals surface area (Å²) in [6, 6.07) is 6.71. The molecule has 6 heterocycles. The highest BCUT2D eigenvalue weighted by Crippen LogP contribution is 2.44. The number of aromatic nitrogens is 4. The van der Waals surface area contributed by atoms with Crippen LogP contribution in [0.15, 0.2) is 30.7 Å². The fourth-order valence-corrected chi connectivity index (χ4v) is 6.83. The third-order valence-corrected chi connectivity index (χ3v) is 8.51. The van der Waals surface area contributed by atoms with Crippen molar-refractivity contribution in [2.75, 3.05) is 11.9 Å². The van der Waals surface area contributed by atoms with Gasteiger partial charge in [0, 0.05) is 42.1 Å². The van der Waals surface area contributed by atoms with Crippen molar-refractivity contribution in [2.45, 2.75) is 63.6 Å². The summed E-state index contributed by atoms with van der Waals surface area (Å²) in [7, 11) is 2.18. The lowest BCUT2D eigenvalue weighted by molar-refractivity contribution is 0.208. The molecule has 0 radical (unpaired) electrons. The molecule has 1 N–H and O–H groups in total. The summed E-state index contributed by atoms with van der Waals surface area (Å²) in [6.07, 6.45) is 10.5. The number of thiazole rings is 1. The van der Waals surface area contributed by atoms with Gasteiger partial charge in [-0.25, -0.2) is 9.97 Å². The van der Waals surface area contributed by atoms with Gasteiger partial charge in [-0.2, -0.15) is 5.26 Å². The van der Waals surface area contributed by atoms with E-state index in [0.717, 1.165) is 45.1 Å². The van der Waals surface area contributed by atoms with E-state index in [9.17, 15) is 5.26 Å². The number of piperidine rings is 1. The van der Waals surface area contributed by atoms with E-state index in [0.29, 0.717) is 17.3 Å². The second-order valence-corrected chi connectivity index (χ2v) is 11.3. The van der Waals surface area contributed by atoms with Crippen molar-refractivity contribution in [2.24, 2.45) is 0 Å². The third kappa shape index (κ3) is 3.38. The van der Waals surface area contributed by atoms with Crippen LogP contribution in [0, 0.1) is 18.3 Å². The minimum absolute atomic E-state index is 0.222. The maximum atomic E-state index is 9.61. The van der Waals surface area contributed by atoms with E-state index in [1.807, 2.05) is 36.0 Å². The van der Waals surface area contributed by atoms with Gasteiger partial charge in [0.1, 0.15) is 11.6 Å². The van der Waals surface area contributed by atoms with Gasteiger partial charge in [0.2, 0.25) is 0 Å².